The highest BCUT2D eigenvalue weighted by molar-refractivity contribution is 5.81. The Hall–Kier alpha value is -2.82. The van der Waals surface area contributed by atoms with Gasteiger partial charge in [0.15, 0.2) is 0 Å². The number of rotatable bonds is 6. The second kappa shape index (κ2) is 9.13. The van der Waals surface area contributed by atoms with Crippen molar-refractivity contribution in [2.75, 3.05) is 13.2 Å². The van der Waals surface area contributed by atoms with Crippen LogP contribution in [0, 0.1) is 11.8 Å². The fraction of sp³-hybridized carbons (Fsp3) is 0.462. The van der Waals surface area contributed by atoms with Crippen LogP contribution in [0.25, 0.3) is 11.1 Å². The molecule has 1 N–H and O–H groups in total. The molecule has 3 atom stereocenters. The third-order valence-electron chi connectivity index (χ3n) is 6.92. The molecule has 0 aliphatic heterocycles. The van der Waals surface area contributed by atoms with Crippen molar-refractivity contribution in [1.29, 1.82) is 0 Å². The van der Waals surface area contributed by atoms with Crippen LogP contribution in [-0.2, 0) is 9.53 Å². The quantitative estimate of drug-likeness (QED) is 0.665. The fourth-order valence-corrected chi connectivity index (χ4v) is 5.47. The van der Waals surface area contributed by atoms with Gasteiger partial charge in [-0.15, -0.1) is 0 Å². The number of amides is 1. The van der Waals surface area contributed by atoms with E-state index < -0.39 is 18.1 Å². The summed E-state index contributed by atoms with van der Waals surface area (Å²) in [5, 5.41) is 9.95. The number of aliphatic carboxylic acids is 1. The van der Waals surface area contributed by atoms with Crippen molar-refractivity contribution in [2.45, 2.75) is 51.5 Å². The number of nitrogens with zero attached hydrogens (tertiary/aromatic N) is 1. The Morgan fingerprint density at radius 2 is 1.68 bits per heavy atom. The fourth-order valence-electron chi connectivity index (χ4n) is 5.47. The van der Waals surface area contributed by atoms with Crippen molar-refractivity contribution >= 4 is 12.1 Å². The van der Waals surface area contributed by atoms with Gasteiger partial charge in [-0.25, -0.2) is 9.59 Å². The van der Waals surface area contributed by atoms with E-state index in [1.165, 1.54) is 16.0 Å². The first kappa shape index (κ1) is 21.4. The average molecular weight is 422 g/mol. The number of benzene rings is 2. The van der Waals surface area contributed by atoms with Crippen LogP contribution < -0.4 is 0 Å². The number of ether oxygens (including phenoxy) is 1. The first-order valence-corrected chi connectivity index (χ1v) is 11.4. The lowest BCUT2D eigenvalue weighted by Crippen LogP contribution is -2.50. The van der Waals surface area contributed by atoms with Crippen LogP contribution in [0.1, 0.15) is 56.6 Å². The van der Waals surface area contributed by atoms with E-state index in [2.05, 4.69) is 31.2 Å². The van der Waals surface area contributed by atoms with Crippen LogP contribution in [0.5, 0.6) is 0 Å². The molecule has 2 aromatic rings. The van der Waals surface area contributed by atoms with Crippen LogP contribution in [0.3, 0.4) is 0 Å². The minimum absolute atomic E-state index is 0.0262. The predicted molar refractivity (Wildman–Crippen MR) is 120 cm³/mol. The number of carbonyl (C=O) groups excluding carboxylic acids is 1. The summed E-state index contributed by atoms with van der Waals surface area (Å²) in [6, 6.07) is 15.6. The Balaban J connectivity index is 1.51. The molecule has 0 bridgehead atoms. The number of hydrogen-bond donors (Lipinski definition) is 1. The summed E-state index contributed by atoms with van der Waals surface area (Å²) in [4.78, 5) is 26.6. The van der Waals surface area contributed by atoms with Gasteiger partial charge in [-0.3, -0.25) is 4.90 Å². The van der Waals surface area contributed by atoms with Gasteiger partial charge in [-0.05, 0) is 53.9 Å². The highest BCUT2D eigenvalue weighted by atomic mass is 16.6. The summed E-state index contributed by atoms with van der Waals surface area (Å²) in [7, 11) is 0. The zero-order chi connectivity index (χ0) is 22.0. The summed E-state index contributed by atoms with van der Waals surface area (Å²) in [6.45, 7) is 4.51. The second-order valence-corrected chi connectivity index (χ2v) is 8.90. The summed E-state index contributed by atoms with van der Waals surface area (Å²) < 4.78 is 5.77. The summed E-state index contributed by atoms with van der Waals surface area (Å²) in [5.74, 6) is -0.508. The molecule has 1 fully saturated rings. The molecule has 5 heteroatoms. The molecule has 3 unspecified atom stereocenters. The van der Waals surface area contributed by atoms with Crippen molar-refractivity contribution < 1.29 is 19.4 Å². The van der Waals surface area contributed by atoms with E-state index in [-0.39, 0.29) is 18.4 Å². The Morgan fingerprint density at radius 1 is 1.06 bits per heavy atom. The molecule has 0 aromatic heterocycles. The molecule has 2 aromatic carbocycles. The molecule has 4 rings (SSSR count). The predicted octanol–water partition coefficient (Wildman–Crippen LogP) is 5.54. The van der Waals surface area contributed by atoms with Gasteiger partial charge in [0.05, 0.1) is 0 Å². The molecule has 2 aliphatic rings. The lowest BCUT2D eigenvalue weighted by atomic mass is 9.78. The molecule has 164 valence electrons. The highest BCUT2D eigenvalue weighted by Gasteiger charge is 2.39. The maximum atomic E-state index is 13.1. The third-order valence-corrected chi connectivity index (χ3v) is 6.92. The molecule has 1 amide bonds. The Kier molecular flexibility index (Phi) is 6.30. The van der Waals surface area contributed by atoms with E-state index in [0.29, 0.717) is 12.5 Å². The standard InChI is InChI=1S/C26H31NO4/c1-3-27(24(25(28)29)18-10-8-9-17(2)15-18)26(30)31-16-23-21-13-6-4-11-19(21)20-12-5-7-14-22(20)23/h4-7,11-14,17-18,23-24H,3,8-10,15-16H2,1-2H3,(H,28,29). The lowest BCUT2D eigenvalue weighted by molar-refractivity contribution is -0.145. The van der Waals surface area contributed by atoms with Crippen molar-refractivity contribution in [3.63, 3.8) is 0 Å². The SMILES string of the molecule is CCN(C(=O)OCC1c2ccccc2-c2ccccc21)C(C(=O)O)C1CCCC(C)C1. The van der Waals surface area contributed by atoms with E-state index in [9.17, 15) is 14.7 Å². The maximum Gasteiger partial charge on any atom is 0.410 e. The zero-order valence-electron chi connectivity index (χ0n) is 18.3. The third kappa shape index (κ3) is 4.18. The van der Waals surface area contributed by atoms with Gasteiger partial charge < -0.3 is 9.84 Å². The van der Waals surface area contributed by atoms with E-state index >= 15 is 0 Å². The number of likely N-dealkylation sites (N-methyl/N-ethyl adjacent to an activating group) is 1. The van der Waals surface area contributed by atoms with E-state index in [4.69, 9.17) is 4.74 Å². The molecule has 5 nitrogen and oxygen atoms in total. The van der Waals surface area contributed by atoms with Gasteiger partial charge in [0.25, 0.3) is 0 Å². The van der Waals surface area contributed by atoms with Crippen LogP contribution >= 0.6 is 0 Å². The van der Waals surface area contributed by atoms with Crippen LogP contribution in [0.2, 0.25) is 0 Å². The smallest absolute Gasteiger partial charge is 0.410 e. The van der Waals surface area contributed by atoms with Crippen LogP contribution in [-0.4, -0.2) is 41.3 Å². The summed E-state index contributed by atoms with van der Waals surface area (Å²) in [6.07, 6.45) is 3.28. The molecule has 31 heavy (non-hydrogen) atoms. The van der Waals surface area contributed by atoms with Gasteiger partial charge in [0.2, 0.25) is 0 Å². The monoisotopic (exact) mass is 421 g/mol. The zero-order valence-corrected chi connectivity index (χ0v) is 18.3. The molecule has 1 saturated carbocycles. The molecular weight excluding hydrogens is 390 g/mol. The maximum absolute atomic E-state index is 13.1. The second-order valence-electron chi connectivity index (χ2n) is 8.90. The topological polar surface area (TPSA) is 66.8 Å². The van der Waals surface area contributed by atoms with E-state index in [1.54, 1.807) is 0 Å². The molecular formula is C26H31NO4. The highest BCUT2D eigenvalue weighted by Crippen LogP contribution is 2.44. The number of carboxylic acids is 1. The van der Waals surface area contributed by atoms with Gasteiger partial charge in [0, 0.05) is 12.5 Å². The first-order chi connectivity index (χ1) is 15.0. The number of fused-ring (bicyclic) bond motifs is 3. The Bertz CT molecular complexity index is 910. The summed E-state index contributed by atoms with van der Waals surface area (Å²) in [5.41, 5.74) is 4.64. The molecule has 2 aliphatic carbocycles. The number of hydrogen-bond acceptors (Lipinski definition) is 3. The summed E-state index contributed by atoms with van der Waals surface area (Å²) >= 11 is 0. The van der Waals surface area contributed by atoms with Gasteiger partial charge in [-0.2, -0.15) is 0 Å². The van der Waals surface area contributed by atoms with Crippen molar-refractivity contribution in [1.82, 2.24) is 4.90 Å². The van der Waals surface area contributed by atoms with Crippen LogP contribution in [0.15, 0.2) is 48.5 Å². The molecule has 0 spiro atoms. The number of carbonyl (C=O) groups is 2. The van der Waals surface area contributed by atoms with E-state index in [0.717, 1.165) is 36.8 Å². The van der Waals surface area contributed by atoms with Crippen molar-refractivity contribution in [3.05, 3.63) is 59.7 Å². The Labute approximate surface area is 184 Å². The molecule has 0 heterocycles. The van der Waals surface area contributed by atoms with Gasteiger partial charge >= 0.3 is 12.1 Å². The number of carboxylic acid groups (broad SMARTS) is 1. The minimum Gasteiger partial charge on any atom is -0.480 e. The van der Waals surface area contributed by atoms with E-state index in [1.807, 2.05) is 31.2 Å². The van der Waals surface area contributed by atoms with Gasteiger partial charge in [-0.1, -0.05) is 68.3 Å². The molecule has 0 radical (unpaired) electrons. The molecule has 0 saturated heterocycles. The Morgan fingerprint density at radius 3 is 2.23 bits per heavy atom. The minimum atomic E-state index is -0.936. The largest absolute Gasteiger partial charge is 0.480 e. The van der Waals surface area contributed by atoms with Gasteiger partial charge in [0.1, 0.15) is 12.6 Å². The van der Waals surface area contributed by atoms with Crippen molar-refractivity contribution in [3.8, 4) is 11.1 Å². The normalized spacial score (nSPS) is 21.1. The first-order valence-electron chi connectivity index (χ1n) is 11.4. The lowest BCUT2D eigenvalue weighted by Gasteiger charge is -2.36. The van der Waals surface area contributed by atoms with Crippen molar-refractivity contribution in [2.24, 2.45) is 11.8 Å². The average Bonchev–Trinajstić information content (AvgIpc) is 3.09. The van der Waals surface area contributed by atoms with Crippen LogP contribution in [0.4, 0.5) is 4.79 Å².